The second kappa shape index (κ2) is 6.57. The molecule has 0 radical (unpaired) electrons. The Morgan fingerprint density at radius 1 is 1.33 bits per heavy atom. The monoisotopic (exact) mass is 304 g/mol. The first-order valence-electron chi connectivity index (χ1n) is 6.56. The molecular weight excluding hydrogens is 288 g/mol. The number of nitrogens with zero attached hydrogens (tertiary/aromatic N) is 1. The zero-order valence-electron chi connectivity index (χ0n) is 11.6. The van der Waals surface area contributed by atoms with Gasteiger partial charge in [-0.1, -0.05) is 6.07 Å². The Hall–Kier alpha value is -2.10. The van der Waals surface area contributed by atoms with Crippen molar-refractivity contribution in [2.45, 2.75) is 30.7 Å². The van der Waals surface area contributed by atoms with Crippen LogP contribution in [0, 0.1) is 11.3 Å². The van der Waals surface area contributed by atoms with Crippen LogP contribution in [0.15, 0.2) is 52.0 Å². The highest BCUT2D eigenvalue weighted by Crippen LogP contribution is 2.13. The molecule has 5 nitrogen and oxygen atoms in total. The number of hydrogen-bond donors (Lipinski definition) is 1. The number of furan rings is 1. The summed E-state index contributed by atoms with van der Waals surface area (Å²) >= 11 is 0. The second-order valence-corrected chi connectivity index (χ2v) is 6.49. The maximum atomic E-state index is 12.2. The van der Waals surface area contributed by atoms with Crippen LogP contribution in [0.1, 0.15) is 24.7 Å². The van der Waals surface area contributed by atoms with E-state index < -0.39 is 10.0 Å². The third-order valence-electron chi connectivity index (χ3n) is 3.03. The fourth-order valence-electron chi connectivity index (χ4n) is 1.94. The summed E-state index contributed by atoms with van der Waals surface area (Å²) < 4.78 is 32.3. The third kappa shape index (κ3) is 4.18. The van der Waals surface area contributed by atoms with Crippen molar-refractivity contribution in [1.29, 1.82) is 5.26 Å². The Morgan fingerprint density at radius 2 is 2.14 bits per heavy atom. The first-order valence-corrected chi connectivity index (χ1v) is 8.04. The van der Waals surface area contributed by atoms with E-state index >= 15 is 0 Å². The summed E-state index contributed by atoms with van der Waals surface area (Å²) in [6.07, 6.45) is 2.89. The van der Waals surface area contributed by atoms with E-state index in [1.165, 1.54) is 12.1 Å². The van der Waals surface area contributed by atoms with Gasteiger partial charge in [-0.3, -0.25) is 0 Å². The third-order valence-corrected chi connectivity index (χ3v) is 4.62. The van der Waals surface area contributed by atoms with Crippen molar-refractivity contribution < 1.29 is 12.8 Å². The molecule has 0 amide bonds. The van der Waals surface area contributed by atoms with Gasteiger partial charge >= 0.3 is 0 Å². The fourth-order valence-corrected chi connectivity index (χ4v) is 3.26. The summed E-state index contributed by atoms with van der Waals surface area (Å²) in [5.74, 6) is 0.826. The summed E-state index contributed by atoms with van der Waals surface area (Å²) in [5, 5.41) is 8.82. The van der Waals surface area contributed by atoms with Crippen LogP contribution < -0.4 is 4.72 Å². The van der Waals surface area contributed by atoms with Gasteiger partial charge in [0, 0.05) is 12.5 Å². The molecule has 0 aliphatic rings. The Kier molecular flexibility index (Phi) is 4.78. The second-order valence-electron chi connectivity index (χ2n) is 4.78. The molecule has 1 unspecified atom stereocenters. The number of sulfonamides is 1. The molecule has 21 heavy (non-hydrogen) atoms. The number of hydrogen-bond acceptors (Lipinski definition) is 4. The highest BCUT2D eigenvalue weighted by Gasteiger charge is 2.17. The summed E-state index contributed by atoms with van der Waals surface area (Å²) in [7, 11) is -3.61. The van der Waals surface area contributed by atoms with Crippen molar-refractivity contribution in [3.63, 3.8) is 0 Å². The lowest BCUT2D eigenvalue weighted by molar-refractivity contribution is 0.480. The minimum absolute atomic E-state index is 0.103. The highest BCUT2D eigenvalue weighted by atomic mass is 32.2. The van der Waals surface area contributed by atoms with Crippen LogP contribution in [0.4, 0.5) is 0 Å². The van der Waals surface area contributed by atoms with Gasteiger partial charge in [-0.05, 0) is 43.7 Å². The summed E-state index contributed by atoms with van der Waals surface area (Å²) in [4.78, 5) is 0.103. The topological polar surface area (TPSA) is 83.1 Å². The Bertz CT molecular complexity index is 731. The van der Waals surface area contributed by atoms with E-state index in [2.05, 4.69) is 4.72 Å². The Balaban J connectivity index is 2.01. The molecule has 110 valence electrons. The largest absolute Gasteiger partial charge is 0.469 e. The average Bonchev–Trinajstić information content (AvgIpc) is 2.98. The lowest BCUT2D eigenvalue weighted by Crippen LogP contribution is -2.32. The molecule has 0 saturated heterocycles. The molecule has 0 spiro atoms. The van der Waals surface area contributed by atoms with Crippen LogP contribution in [0.3, 0.4) is 0 Å². The molecule has 2 aromatic rings. The van der Waals surface area contributed by atoms with E-state index in [4.69, 9.17) is 9.68 Å². The van der Waals surface area contributed by atoms with Crippen LogP contribution in [-0.2, 0) is 16.4 Å². The number of aryl methyl sites for hydroxylation is 1. The minimum Gasteiger partial charge on any atom is -0.469 e. The number of nitrogens with one attached hydrogen (secondary N) is 1. The van der Waals surface area contributed by atoms with Crippen LogP contribution in [0.25, 0.3) is 0 Å². The van der Waals surface area contributed by atoms with E-state index in [0.29, 0.717) is 18.4 Å². The summed E-state index contributed by atoms with van der Waals surface area (Å²) in [6.45, 7) is 1.80. The predicted octanol–water partition coefficient (Wildman–Crippen LogP) is 2.45. The Morgan fingerprint density at radius 3 is 2.81 bits per heavy atom. The van der Waals surface area contributed by atoms with Gasteiger partial charge in [-0.2, -0.15) is 5.26 Å². The Labute approximate surface area is 124 Å². The van der Waals surface area contributed by atoms with E-state index in [0.717, 1.165) is 5.76 Å². The van der Waals surface area contributed by atoms with Gasteiger partial charge < -0.3 is 4.42 Å². The molecule has 1 aromatic heterocycles. The standard InChI is InChI=1S/C15H16N2O3S/c1-12(7-8-14-5-3-9-20-14)17-21(18,19)15-6-2-4-13(10-15)11-16/h2-6,9-10,12,17H,7-8H2,1H3. The van der Waals surface area contributed by atoms with Gasteiger partial charge in [0.1, 0.15) is 5.76 Å². The molecule has 0 bridgehead atoms. The smallest absolute Gasteiger partial charge is 0.240 e. The summed E-state index contributed by atoms with van der Waals surface area (Å²) in [5.41, 5.74) is 0.320. The van der Waals surface area contributed by atoms with Gasteiger partial charge in [0.15, 0.2) is 0 Å². The maximum absolute atomic E-state index is 12.2. The zero-order valence-corrected chi connectivity index (χ0v) is 12.4. The molecule has 1 aromatic carbocycles. The van der Waals surface area contributed by atoms with E-state index in [1.807, 2.05) is 12.1 Å². The molecule has 1 atom stereocenters. The number of rotatable bonds is 6. The minimum atomic E-state index is -3.61. The van der Waals surface area contributed by atoms with Gasteiger partial charge in [-0.15, -0.1) is 0 Å². The molecule has 0 saturated carbocycles. The van der Waals surface area contributed by atoms with Gasteiger partial charge in [-0.25, -0.2) is 13.1 Å². The van der Waals surface area contributed by atoms with Crippen LogP contribution in [0.5, 0.6) is 0 Å². The molecule has 1 N–H and O–H groups in total. The number of nitriles is 1. The van der Waals surface area contributed by atoms with E-state index in [-0.39, 0.29) is 10.9 Å². The number of benzene rings is 1. The van der Waals surface area contributed by atoms with Crippen molar-refractivity contribution in [2.24, 2.45) is 0 Å². The van der Waals surface area contributed by atoms with Crippen LogP contribution in [0.2, 0.25) is 0 Å². The van der Waals surface area contributed by atoms with Crippen molar-refractivity contribution in [3.05, 3.63) is 54.0 Å². The first kappa shape index (κ1) is 15.3. The van der Waals surface area contributed by atoms with Crippen LogP contribution in [-0.4, -0.2) is 14.5 Å². The predicted molar refractivity (Wildman–Crippen MR) is 78.0 cm³/mol. The van der Waals surface area contributed by atoms with E-state index in [9.17, 15) is 8.42 Å². The maximum Gasteiger partial charge on any atom is 0.240 e. The zero-order chi connectivity index (χ0) is 15.3. The van der Waals surface area contributed by atoms with Crippen molar-refractivity contribution in [3.8, 4) is 6.07 Å². The first-order chi connectivity index (χ1) is 10.0. The lowest BCUT2D eigenvalue weighted by atomic mass is 10.2. The van der Waals surface area contributed by atoms with E-state index in [1.54, 1.807) is 31.4 Å². The molecule has 2 rings (SSSR count). The molecule has 1 heterocycles. The molecule has 6 heteroatoms. The van der Waals surface area contributed by atoms with Crippen molar-refractivity contribution >= 4 is 10.0 Å². The molecular formula is C15H16N2O3S. The fraction of sp³-hybridized carbons (Fsp3) is 0.267. The van der Waals surface area contributed by atoms with Crippen molar-refractivity contribution in [2.75, 3.05) is 0 Å². The summed E-state index contributed by atoms with van der Waals surface area (Å²) in [6, 6.07) is 11.3. The van der Waals surface area contributed by atoms with Crippen molar-refractivity contribution in [1.82, 2.24) is 4.72 Å². The van der Waals surface area contributed by atoms with Gasteiger partial charge in [0.05, 0.1) is 22.8 Å². The molecule has 0 fully saturated rings. The lowest BCUT2D eigenvalue weighted by Gasteiger charge is -2.13. The molecule has 0 aliphatic carbocycles. The average molecular weight is 304 g/mol. The normalized spacial score (nSPS) is 12.8. The van der Waals surface area contributed by atoms with Crippen LogP contribution >= 0.6 is 0 Å². The molecule has 0 aliphatic heterocycles. The highest BCUT2D eigenvalue weighted by molar-refractivity contribution is 7.89. The quantitative estimate of drug-likeness (QED) is 0.888. The van der Waals surface area contributed by atoms with Gasteiger partial charge in [0.2, 0.25) is 10.0 Å². The SMILES string of the molecule is CC(CCc1ccco1)NS(=O)(=O)c1cccc(C#N)c1. The van der Waals surface area contributed by atoms with Gasteiger partial charge in [0.25, 0.3) is 0 Å².